The van der Waals surface area contributed by atoms with Crippen LogP contribution in [0, 0.1) is 5.92 Å². The number of nitrogens with zero attached hydrogens (tertiary/aromatic N) is 3. The number of hydrogen-bond donors (Lipinski definition) is 1. The van der Waals surface area contributed by atoms with Crippen LogP contribution in [0.5, 0.6) is 0 Å². The molecule has 2 aromatic rings. The second-order valence-corrected chi connectivity index (χ2v) is 8.50. The number of urea groups is 2. The first-order valence-electron chi connectivity index (χ1n) is 10.9. The Bertz CT molecular complexity index is 904. The monoisotopic (exact) mass is 404 g/mol. The highest BCUT2D eigenvalue weighted by molar-refractivity contribution is 5.80. The largest absolute Gasteiger partial charge is 0.334 e. The SMILES string of the molecule is O=C(NCc1ccccc1)N1CC[C@@H]2[C@H]1N(Cc1ccccc1)C(=O)N1CCC[C@H]21. The molecule has 0 spiro atoms. The third kappa shape index (κ3) is 3.40. The summed E-state index contributed by atoms with van der Waals surface area (Å²) in [5.41, 5.74) is 2.17. The second-order valence-electron chi connectivity index (χ2n) is 8.50. The number of rotatable bonds is 4. The van der Waals surface area contributed by atoms with E-state index < -0.39 is 0 Å². The lowest BCUT2D eigenvalue weighted by atomic mass is 9.91. The van der Waals surface area contributed by atoms with Gasteiger partial charge in [-0.1, -0.05) is 60.7 Å². The lowest BCUT2D eigenvalue weighted by molar-refractivity contribution is 0.00877. The normalized spacial score (nSPS) is 25.3. The molecule has 30 heavy (non-hydrogen) atoms. The molecule has 0 saturated carbocycles. The number of fused-ring (bicyclic) bond motifs is 3. The van der Waals surface area contributed by atoms with E-state index in [1.54, 1.807) is 0 Å². The Morgan fingerprint density at radius 3 is 2.37 bits per heavy atom. The Hall–Kier alpha value is -3.02. The van der Waals surface area contributed by atoms with Gasteiger partial charge in [0.2, 0.25) is 0 Å². The predicted molar refractivity (Wildman–Crippen MR) is 114 cm³/mol. The van der Waals surface area contributed by atoms with Crippen molar-refractivity contribution >= 4 is 12.1 Å². The molecule has 0 bridgehead atoms. The van der Waals surface area contributed by atoms with Crippen molar-refractivity contribution in [3.8, 4) is 0 Å². The lowest BCUT2D eigenvalue weighted by Crippen LogP contribution is -2.64. The average Bonchev–Trinajstić information content (AvgIpc) is 3.44. The Balaban J connectivity index is 1.38. The van der Waals surface area contributed by atoms with Gasteiger partial charge in [0, 0.05) is 38.1 Å². The Morgan fingerprint density at radius 2 is 1.63 bits per heavy atom. The molecule has 3 heterocycles. The molecule has 6 nitrogen and oxygen atoms in total. The summed E-state index contributed by atoms with van der Waals surface area (Å²) < 4.78 is 0. The first-order valence-corrected chi connectivity index (χ1v) is 10.9. The number of nitrogens with one attached hydrogen (secondary N) is 1. The minimum absolute atomic E-state index is 0.0744. The molecule has 1 N–H and O–H groups in total. The maximum atomic E-state index is 13.4. The van der Waals surface area contributed by atoms with Gasteiger partial charge < -0.3 is 15.1 Å². The number of carbonyl (C=O) groups excluding carboxylic acids is 2. The van der Waals surface area contributed by atoms with Crippen molar-refractivity contribution in [2.24, 2.45) is 5.92 Å². The summed E-state index contributed by atoms with van der Waals surface area (Å²) in [5, 5.41) is 3.07. The van der Waals surface area contributed by atoms with Crippen LogP contribution in [0.2, 0.25) is 0 Å². The third-order valence-corrected chi connectivity index (χ3v) is 6.75. The van der Waals surface area contributed by atoms with Crippen molar-refractivity contribution in [1.82, 2.24) is 20.0 Å². The molecule has 5 rings (SSSR count). The van der Waals surface area contributed by atoms with Gasteiger partial charge in [-0.2, -0.15) is 0 Å². The van der Waals surface area contributed by atoms with Crippen molar-refractivity contribution in [1.29, 1.82) is 0 Å². The molecule has 156 valence electrons. The molecular weight excluding hydrogens is 376 g/mol. The van der Waals surface area contributed by atoms with Crippen LogP contribution in [-0.4, -0.2) is 52.1 Å². The first kappa shape index (κ1) is 19.0. The van der Waals surface area contributed by atoms with Crippen LogP contribution in [0.15, 0.2) is 60.7 Å². The van der Waals surface area contributed by atoms with Gasteiger partial charge in [-0.25, -0.2) is 9.59 Å². The van der Waals surface area contributed by atoms with Gasteiger partial charge in [-0.05, 0) is 30.4 Å². The minimum Gasteiger partial charge on any atom is -0.334 e. The fourth-order valence-corrected chi connectivity index (χ4v) is 5.38. The Morgan fingerprint density at radius 1 is 0.933 bits per heavy atom. The fraction of sp³-hybridized carbons (Fsp3) is 0.417. The molecule has 0 aliphatic carbocycles. The van der Waals surface area contributed by atoms with Crippen LogP contribution in [0.1, 0.15) is 30.4 Å². The molecule has 4 amide bonds. The summed E-state index contributed by atoms with van der Waals surface area (Å²) in [6.45, 7) is 2.55. The maximum absolute atomic E-state index is 13.4. The number of benzene rings is 2. The molecule has 3 aliphatic rings. The average molecular weight is 405 g/mol. The molecule has 3 saturated heterocycles. The van der Waals surface area contributed by atoms with E-state index in [4.69, 9.17) is 0 Å². The zero-order valence-corrected chi connectivity index (χ0v) is 17.1. The third-order valence-electron chi connectivity index (χ3n) is 6.75. The summed E-state index contributed by atoms with van der Waals surface area (Å²) >= 11 is 0. The predicted octanol–water partition coefficient (Wildman–Crippen LogP) is 3.64. The van der Waals surface area contributed by atoms with Gasteiger partial charge in [-0.15, -0.1) is 0 Å². The van der Waals surface area contributed by atoms with Crippen LogP contribution in [0.4, 0.5) is 9.59 Å². The van der Waals surface area contributed by atoms with Crippen LogP contribution in [-0.2, 0) is 13.1 Å². The van der Waals surface area contributed by atoms with Gasteiger partial charge in [0.1, 0.15) is 6.17 Å². The van der Waals surface area contributed by atoms with E-state index in [1.807, 2.05) is 70.5 Å². The van der Waals surface area contributed by atoms with Crippen molar-refractivity contribution in [3.63, 3.8) is 0 Å². The van der Waals surface area contributed by atoms with E-state index in [9.17, 15) is 9.59 Å². The molecule has 3 aliphatic heterocycles. The van der Waals surface area contributed by atoms with Crippen molar-refractivity contribution in [2.75, 3.05) is 13.1 Å². The summed E-state index contributed by atoms with van der Waals surface area (Å²) in [6.07, 6.45) is 2.88. The van der Waals surface area contributed by atoms with Gasteiger partial charge >= 0.3 is 12.1 Å². The van der Waals surface area contributed by atoms with Crippen molar-refractivity contribution < 1.29 is 9.59 Å². The Labute approximate surface area is 177 Å². The summed E-state index contributed by atoms with van der Waals surface area (Å²) in [7, 11) is 0. The zero-order valence-electron chi connectivity index (χ0n) is 17.1. The van der Waals surface area contributed by atoms with Gasteiger partial charge in [0.05, 0.1) is 0 Å². The van der Waals surface area contributed by atoms with Gasteiger partial charge in [0.15, 0.2) is 0 Å². The quantitative estimate of drug-likeness (QED) is 0.846. The Kier molecular flexibility index (Phi) is 5.07. The molecule has 6 heteroatoms. The van der Waals surface area contributed by atoms with E-state index >= 15 is 0 Å². The number of hydrogen-bond acceptors (Lipinski definition) is 2. The van der Waals surface area contributed by atoms with Crippen LogP contribution >= 0.6 is 0 Å². The summed E-state index contributed by atoms with van der Waals surface area (Å²) in [5.74, 6) is 0.316. The standard InChI is InChI=1S/C24H28N4O2/c29-23(25-16-18-8-3-1-4-9-18)27-15-13-20-21-12-7-14-26(21)24(30)28(22(20)27)17-19-10-5-2-6-11-19/h1-6,8-11,20-22H,7,12-17H2,(H,25,29)/t20-,21+,22+/m0/s1. The molecule has 0 unspecified atom stereocenters. The van der Waals surface area contributed by atoms with Crippen LogP contribution in [0.25, 0.3) is 0 Å². The highest BCUT2D eigenvalue weighted by Crippen LogP contribution is 2.41. The number of likely N-dealkylation sites (tertiary alicyclic amines) is 1. The summed E-state index contributed by atoms with van der Waals surface area (Å²) in [6, 6.07) is 20.3. The summed E-state index contributed by atoms with van der Waals surface area (Å²) in [4.78, 5) is 32.4. The first-order chi connectivity index (χ1) is 14.7. The molecule has 0 aromatic heterocycles. The number of amides is 4. The molecule has 3 atom stereocenters. The molecule has 3 fully saturated rings. The fourth-order valence-electron chi connectivity index (χ4n) is 5.38. The molecule has 2 aromatic carbocycles. The van der Waals surface area contributed by atoms with E-state index in [-0.39, 0.29) is 24.3 Å². The van der Waals surface area contributed by atoms with Crippen LogP contribution < -0.4 is 5.32 Å². The second kappa shape index (κ2) is 8.01. The van der Waals surface area contributed by atoms with E-state index in [2.05, 4.69) is 10.2 Å². The topological polar surface area (TPSA) is 55.9 Å². The zero-order chi connectivity index (χ0) is 20.5. The van der Waals surface area contributed by atoms with E-state index in [0.717, 1.165) is 36.9 Å². The van der Waals surface area contributed by atoms with Gasteiger partial charge in [-0.3, -0.25) is 4.90 Å². The van der Waals surface area contributed by atoms with E-state index in [0.29, 0.717) is 25.6 Å². The van der Waals surface area contributed by atoms with E-state index in [1.165, 1.54) is 0 Å². The highest BCUT2D eigenvalue weighted by atomic mass is 16.2. The highest BCUT2D eigenvalue weighted by Gasteiger charge is 2.54. The van der Waals surface area contributed by atoms with Crippen molar-refractivity contribution in [3.05, 3.63) is 71.8 Å². The smallest absolute Gasteiger partial charge is 0.322 e. The maximum Gasteiger partial charge on any atom is 0.322 e. The van der Waals surface area contributed by atoms with Crippen molar-refractivity contribution in [2.45, 2.75) is 44.6 Å². The van der Waals surface area contributed by atoms with Gasteiger partial charge in [0.25, 0.3) is 0 Å². The number of carbonyl (C=O) groups is 2. The minimum atomic E-state index is -0.173. The molecule has 0 radical (unpaired) electrons. The lowest BCUT2D eigenvalue weighted by Gasteiger charge is -2.48. The van der Waals surface area contributed by atoms with Crippen LogP contribution in [0.3, 0.4) is 0 Å². The molecular formula is C24H28N4O2.